The fourth-order valence-electron chi connectivity index (χ4n) is 2.48. The van der Waals surface area contributed by atoms with Crippen molar-refractivity contribution in [3.63, 3.8) is 0 Å². The van der Waals surface area contributed by atoms with E-state index in [2.05, 4.69) is 40.2 Å². The van der Waals surface area contributed by atoms with Crippen LogP contribution in [0.25, 0.3) is 0 Å². The molecule has 1 unspecified atom stereocenters. The molecule has 0 aliphatic rings. The highest BCUT2D eigenvalue weighted by Gasteiger charge is 2.18. The van der Waals surface area contributed by atoms with Crippen molar-refractivity contribution in [1.29, 1.82) is 0 Å². The van der Waals surface area contributed by atoms with E-state index in [1.54, 1.807) is 11.8 Å². The largest absolute Gasteiger partial charge is 0.294 e. The highest BCUT2D eigenvalue weighted by molar-refractivity contribution is 9.10. The summed E-state index contributed by atoms with van der Waals surface area (Å²) >= 11 is 5.20. The van der Waals surface area contributed by atoms with E-state index in [4.69, 9.17) is 0 Å². The summed E-state index contributed by atoms with van der Waals surface area (Å²) in [7, 11) is 0. The third kappa shape index (κ3) is 4.59. The lowest BCUT2D eigenvalue weighted by molar-refractivity contribution is 0.0982. The Morgan fingerprint density at radius 2 is 1.42 bits per heavy atom. The summed E-state index contributed by atoms with van der Waals surface area (Å²) in [6, 6.07) is 28.0. The smallest absolute Gasteiger partial charge is 0.164 e. The Labute approximate surface area is 155 Å². The molecule has 0 bridgehead atoms. The average Bonchev–Trinajstić information content (AvgIpc) is 2.64. The van der Waals surface area contributed by atoms with E-state index in [-0.39, 0.29) is 11.0 Å². The molecule has 3 rings (SSSR count). The Balaban J connectivity index is 1.82. The van der Waals surface area contributed by atoms with E-state index < -0.39 is 0 Å². The number of carbonyl (C=O) groups excluding carboxylic acids is 1. The van der Waals surface area contributed by atoms with Gasteiger partial charge in [-0.1, -0.05) is 76.6 Å². The highest BCUT2D eigenvalue weighted by atomic mass is 79.9. The van der Waals surface area contributed by atoms with E-state index in [0.29, 0.717) is 6.42 Å². The molecule has 3 aromatic carbocycles. The number of hydrogen-bond acceptors (Lipinski definition) is 2. The molecule has 0 aliphatic heterocycles. The van der Waals surface area contributed by atoms with Crippen molar-refractivity contribution in [2.45, 2.75) is 16.6 Å². The minimum Gasteiger partial charge on any atom is -0.294 e. The number of benzene rings is 3. The lowest BCUT2D eigenvalue weighted by Crippen LogP contribution is -2.05. The summed E-state index contributed by atoms with van der Waals surface area (Å²) in [5, 5.41) is 0.0973. The van der Waals surface area contributed by atoms with Crippen molar-refractivity contribution in [2.24, 2.45) is 0 Å². The molecule has 0 N–H and O–H groups in total. The van der Waals surface area contributed by atoms with Crippen LogP contribution in [0.15, 0.2) is 94.3 Å². The third-order valence-electron chi connectivity index (χ3n) is 3.73. The van der Waals surface area contributed by atoms with Gasteiger partial charge in [-0.2, -0.15) is 0 Å². The number of ketones is 1. The van der Waals surface area contributed by atoms with E-state index in [1.165, 1.54) is 5.56 Å². The number of Topliss-reactive ketones (excluding diaryl/α,β-unsaturated/α-hetero) is 1. The zero-order valence-electron chi connectivity index (χ0n) is 13.1. The predicted molar refractivity (Wildman–Crippen MR) is 105 cm³/mol. The van der Waals surface area contributed by atoms with Crippen molar-refractivity contribution >= 4 is 33.5 Å². The monoisotopic (exact) mass is 396 g/mol. The van der Waals surface area contributed by atoms with Crippen LogP contribution in [0.5, 0.6) is 0 Å². The molecule has 0 aromatic heterocycles. The molecular weight excluding hydrogens is 380 g/mol. The second kappa shape index (κ2) is 8.32. The van der Waals surface area contributed by atoms with Crippen molar-refractivity contribution in [3.05, 3.63) is 101 Å². The van der Waals surface area contributed by atoms with Gasteiger partial charge in [0.25, 0.3) is 0 Å². The molecule has 0 radical (unpaired) electrons. The molecular formula is C21H17BrOS. The number of carbonyl (C=O) groups is 1. The van der Waals surface area contributed by atoms with Gasteiger partial charge in [0.15, 0.2) is 5.78 Å². The number of halogens is 1. The zero-order valence-corrected chi connectivity index (χ0v) is 15.5. The number of rotatable bonds is 6. The van der Waals surface area contributed by atoms with Gasteiger partial charge < -0.3 is 0 Å². The van der Waals surface area contributed by atoms with Crippen LogP contribution in [0, 0.1) is 0 Å². The summed E-state index contributed by atoms with van der Waals surface area (Å²) < 4.78 is 1.06. The molecule has 1 atom stereocenters. The summed E-state index contributed by atoms with van der Waals surface area (Å²) in [4.78, 5) is 13.8. The van der Waals surface area contributed by atoms with Crippen LogP contribution in [-0.2, 0) is 0 Å². The first kappa shape index (κ1) is 17.0. The Bertz CT molecular complexity index is 785. The molecule has 120 valence electrons. The van der Waals surface area contributed by atoms with E-state index in [1.807, 2.05) is 60.7 Å². The fraction of sp³-hybridized carbons (Fsp3) is 0.0952. The van der Waals surface area contributed by atoms with Crippen molar-refractivity contribution < 1.29 is 4.79 Å². The Morgan fingerprint density at radius 3 is 2.04 bits per heavy atom. The molecule has 0 aliphatic carbocycles. The molecule has 1 nitrogen and oxygen atoms in total. The normalized spacial score (nSPS) is 11.9. The number of thioether (sulfide) groups is 1. The van der Waals surface area contributed by atoms with Crippen LogP contribution >= 0.6 is 27.7 Å². The average molecular weight is 397 g/mol. The topological polar surface area (TPSA) is 17.1 Å². The van der Waals surface area contributed by atoms with Crippen LogP contribution in [0.4, 0.5) is 0 Å². The highest BCUT2D eigenvalue weighted by Crippen LogP contribution is 2.38. The molecule has 0 saturated heterocycles. The first-order valence-electron chi connectivity index (χ1n) is 7.78. The molecule has 3 heteroatoms. The molecule has 0 spiro atoms. The quantitative estimate of drug-likeness (QED) is 0.346. The minimum atomic E-state index is 0.0973. The summed E-state index contributed by atoms with van der Waals surface area (Å²) in [6.45, 7) is 0. The molecule has 3 aromatic rings. The molecule has 0 fully saturated rings. The lowest BCUT2D eigenvalue weighted by atomic mass is 10.0. The summed E-state index contributed by atoms with van der Waals surface area (Å²) in [6.07, 6.45) is 0.481. The Hall–Kier alpha value is -1.84. The van der Waals surface area contributed by atoms with E-state index in [0.717, 1.165) is 14.9 Å². The lowest BCUT2D eigenvalue weighted by Gasteiger charge is -2.17. The van der Waals surface area contributed by atoms with Crippen LogP contribution in [0.2, 0.25) is 0 Å². The van der Waals surface area contributed by atoms with Gasteiger partial charge in [0, 0.05) is 26.6 Å². The molecule has 24 heavy (non-hydrogen) atoms. The maximum Gasteiger partial charge on any atom is 0.164 e. The molecule has 0 amide bonds. The van der Waals surface area contributed by atoms with Crippen molar-refractivity contribution in [3.8, 4) is 0 Å². The second-order valence-corrected chi connectivity index (χ2v) is 7.66. The van der Waals surface area contributed by atoms with Crippen LogP contribution in [-0.4, -0.2) is 5.78 Å². The van der Waals surface area contributed by atoms with Gasteiger partial charge in [-0.05, 0) is 29.8 Å². The van der Waals surface area contributed by atoms with Gasteiger partial charge in [-0.3, -0.25) is 4.79 Å². The van der Waals surface area contributed by atoms with Crippen LogP contribution in [0.3, 0.4) is 0 Å². The predicted octanol–water partition coefficient (Wildman–Crippen LogP) is 6.56. The van der Waals surface area contributed by atoms with Crippen LogP contribution in [0.1, 0.15) is 27.6 Å². The fourth-order valence-corrected chi connectivity index (χ4v) is 3.90. The van der Waals surface area contributed by atoms with Gasteiger partial charge in [0.2, 0.25) is 0 Å². The summed E-state index contributed by atoms with van der Waals surface area (Å²) in [5.41, 5.74) is 1.95. The third-order valence-corrected chi connectivity index (χ3v) is 5.53. The van der Waals surface area contributed by atoms with Gasteiger partial charge in [0.1, 0.15) is 0 Å². The molecule has 0 saturated carbocycles. The number of hydrogen-bond donors (Lipinski definition) is 0. The van der Waals surface area contributed by atoms with Crippen LogP contribution < -0.4 is 0 Å². The van der Waals surface area contributed by atoms with Gasteiger partial charge in [-0.15, -0.1) is 11.8 Å². The second-order valence-electron chi connectivity index (χ2n) is 5.46. The van der Waals surface area contributed by atoms with Crippen molar-refractivity contribution in [2.75, 3.05) is 0 Å². The SMILES string of the molecule is O=C(CC(Sc1ccc(Br)cc1)c1ccccc1)c1ccccc1. The minimum absolute atomic E-state index is 0.0973. The maximum atomic E-state index is 12.7. The molecule has 0 heterocycles. The van der Waals surface area contributed by atoms with E-state index in [9.17, 15) is 4.79 Å². The van der Waals surface area contributed by atoms with Crippen molar-refractivity contribution in [1.82, 2.24) is 0 Å². The van der Waals surface area contributed by atoms with Gasteiger partial charge >= 0.3 is 0 Å². The van der Waals surface area contributed by atoms with Gasteiger partial charge in [-0.25, -0.2) is 0 Å². The summed E-state index contributed by atoms with van der Waals surface area (Å²) in [5.74, 6) is 0.175. The Kier molecular flexibility index (Phi) is 5.89. The van der Waals surface area contributed by atoms with Gasteiger partial charge in [0.05, 0.1) is 0 Å². The maximum absolute atomic E-state index is 12.7. The first-order chi connectivity index (χ1) is 11.7. The standard InChI is InChI=1S/C21H17BrOS/c22-18-11-13-19(14-12-18)24-21(17-9-5-2-6-10-17)15-20(23)16-7-3-1-4-8-16/h1-14,21H,15H2. The zero-order chi connectivity index (χ0) is 16.8. The Morgan fingerprint density at radius 1 is 0.833 bits per heavy atom. The first-order valence-corrected chi connectivity index (χ1v) is 9.45. The van der Waals surface area contributed by atoms with E-state index >= 15 is 0 Å².